The second-order valence-corrected chi connectivity index (χ2v) is 7.52. The quantitative estimate of drug-likeness (QED) is 0.813. The van der Waals surface area contributed by atoms with Crippen LogP contribution in [0, 0.1) is 5.82 Å². The fourth-order valence-electron chi connectivity index (χ4n) is 3.75. The van der Waals surface area contributed by atoms with Gasteiger partial charge in [-0.15, -0.1) is 0 Å². The highest BCUT2D eigenvalue weighted by Crippen LogP contribution is 2.28. The third-order valence-electron chi connectivity index (χ3n) is 5.46. The molecular weight excluding hydrogens is 357 g/mol. The molecule has 2 aromatic rings. The summed E-state index contributed by atoms with van der Waals surface area (Å²) in [4.78, 5) is 15.0. The summed E-state index contributed by atoms with van der Waals surface area (Å²) in [7, 11) is 0. The smallest absolute Gasteiger partial charge is 0.230 e. The van der Waals surface area contributed by atoms with Crippen molar-refractivity contribution in [3.63, 3.8) is 0 Å². The summed E-state index contributed by atoms with van der Waals surface area (Å²) in [6, 6.07) is 15.6. The molecule has 0 saturated carbocycles. The highest BCUT2D eigenvalue weighted by atomic mass is 19.1. The van der Waals surface area contributed by atoms with Crippen LogP contribution in [0.2, 0.25) is 0 Å². The summed E-state index contributed by atoms with van der Waals surface area (Å²) in [5.41, 5.74) is 0.0480. The minimum absolute atomic E-state index is 0.123. The summed E-state index contributed by atoms with van der Waals surface area (Å²) < 4.78 is 18.7. The van der Waals surface area contributed by atoms with Crippen molar-refractivity contribution in [3.8, 4) is 5.75 Å². The van der Waals surface area contributed by atoms with E-state index in [0.29, 0.717) is 31.7 Å². The van der Waals surface area contributed by atoms with Gasteiger partial charge in [0, 0.05) is 13.1 Å². The van der Waals surface area contributed by atoms with E-state index in [4.69, 9.17) is 4.74 Å². The van der Waals surface area contributed by atoms with Crippen molar-refractivity contribution in [1.29, 1.82) is 0 Å². The molecule has 1 aliphatic rings. The zero-order valence-corrected chi connectivity index (χ0v) is 16.3. The Hall–Kier alpha value is -2.40. The molecule has 28 heavy (non-hydrogen) atoms. The highest BCUT2D eigenvalue weighted by molar-refractivity contribution is 5.83. The first-order valence-electron chi connectivity index (χ1n) is 9.95. The SMILES string of the molecule is CCC(C(=O)N1CCCC(O)(COc2ccc(F)cc2)CC1)c1ccccc1. The average Bonchev–Trinajstić information content (AvgIpc) is 2.91. The Bertz CT molecular complexity index is 765. The molecule has 1 N–H and O–H groups in total. The molecule has 150 valence electrons. The van der Waals surface area contributed by atoms with Gasteiger partial charge in [0.15, 0.2) is 0 Å². The second-order valence-electron chi connectivity index (χ2n) is 7.52. The lowest BCUT2D eigenvalue weighted by Crippen LogP contribution is -2.39. The fraction of sp³-hybridized carbons (Fsp3) is 0.435. The third kappa shape index (κ3) is 5.10. The number of rotatable bonds is 6. The van der Waals surface area contributed by atoms with E-state index in [1.54, 1.807) is 12.1 Å². The molecule has 2 aromatic carbocycles. The first-order valence-corrected chi connectivity index (χ1v) is 9.95. The number of hydrogen-bond donors (Lipinski definition) is 1. The summed E-state index contributed by atoms with van der Waals surface area (Å²) >= 11 is 0. The lowest BCUT2D eigenvalue weighted by atomic mass is 9.94. The molecule has 0 bridgehead atoms. The molecule has 0 aromatic heterocycles. The van der Waals surface area contributed by atoms with Gasteiger partial charge < -0.3 is 14.7 Å². The Labute approximate surface area is 165 Å². The molecule has 5 heteroatoms. The predicted molar refractivity (Wildman–Crippen MR) is 107 cm³/mol. The monoisotopic (exact) mass is 385 g/mol. The van der Waals surface area contributed by atoms with Gasteiger partial charge >= 0.3 is 0 Å². The third-order valence-corrected chi connectivity index (χ3v) is 5.46. The molecular formula is C23H28FNO3. The van der Waals surface area contributed by atoms with Crippen LogP contribution < -0.4 is 4.74 Å². The number of benzene rings is 2. The maximum absolute atomic E-state index is 13.1. The summed E-state index contributed by atoms with van der Waals surface area (Å²) in [6.45, 7) is 3.31. The number of halogens is 1. The number of nitrogens with zero attached hydrogens (tertiary/aromatic N) is 1. The van der Waals surface area contributed by atoms with Gasteiger partial charge in [0.1, 0.15) is 23.8 Å². The van der Waals surface area contributed by atoms with E-state index in [2.05, 4.69) is 0 Å². The summed E-state index contributed by atoms with van der Waals surface area (Å²) in [5, 5.41) is 10.9. The lowest BCUT2D eigenvalue weighted by Gasteiger charge is -2.28. The summed E-state index contributed by atoms with van der Waals surface area (Å²) in [6.07, 6.45) is 2.50. The molecule has 0 radical (unpaired) electrons. The molecule has 4 nitrogen and oxygen atoms in total. The zero-order valence-electron chi connectivity index (χ0n) is 16.3. The van der Waals surface area contributed by atoms with Crippen LogP contribution in [0.5, 0.6) is 5.75 Å². The molecule has 1 fully saturated rings. The van der Waals surface area contributed by atoms with Gasteiger partial charge in [-0.25, -0.2) is 4.39 Å². The van der Waals surface area contributed by atoms with Crippen molar-refractivity contribution >= 4 is 5.91 Å². The number of aliphatic hydroxyl groups is 1. The Balaban J connectivity index is 1.60. The first-order chi connectivity index (χ1) is 13.5. The van der Waals surface area contributed by atoms with Crippen LogP contribution in [0.25, 0.3) is 0 Å². The van der Waals surface area contributed by atoms with E-state index < -0.39 is 5.60 Å². The van der Waals surface area contributed by atoms with E-state index >= 15 is 0 Å². The number of amides is 1. The minimum atomic E-state index is -0.988. The van der Waals surface area contributed by atoms with Gasteiger partial charge in [-0.3, -0.25) is 4.79 Å². The first kappa shape index (κ1) is 20.3. The van der Waals surface area contributed by atoms with Crippen molar-refractivity contribution in [2.75, 3.05) is 19.7 Å². The molecule has 2 unspecified atom stereocenters. The van der Waals surface area contributed by atoms with Crippen LogP contribution in [0.15, 0.2) is 54.6 Å². The number of carbonyl (C=O) groups excluding carboxylic acids is 1. The molecule has 0 spiro atoms. The van der Waals surface area contributed by atoms with E-state index in [9.17, 15) is 14.3 Å². The predicted octanol–water partition coefficient (Wildman–Crippen LogP) is 4.14. The van der Waals surface area contributed by atoms with Gasteiger partial charge in [0.2, 0.25) is 5.91 Å². The van der Waals surface area contributed by atoms with Crippen molar-refractivity contribution in [2.24, 2.45) is 0 Å². The molecule has 1 amide bonds. The van der Waals surface area contributed by atoms with Crippen molar-refractivity contribution < 1.29 is 19.0 Å². The van der Waals surface area contributed by atoms with Crippen LogP contribution in [0.3, 0.4) is 0 Å². The van der Waals surface area contributed by atoms with E-state index in [-0.39, 0.29) is 24.2 Å². The number of likely N-dealkylation sites (tertiary alicyclic amines) is 1. The zero-order chi connectivity index (χ0) is 20.0. The van der Waals surface area contributed by atoms with Crippen LogP contribution >= 0.6 is 0 Å². The largest absolute Gasteiger partial charge is 0.491 e. The number of hydrogen-bond acceptors (Lipinski definition) is 3. The van der Waals surface area contributed by atoms with Gasteiger partial charge in [0.25, 0.3) is 0 Å². The van der Waals surface area contributed by atoms with Crippen LogP contribution in [0.1, 0.15) is 44.1 Å². The van der Waals surface area contributed by atoms with Crippen molar-refractivity contribution in [3.05, 3.63) is 66.0 Å². The Morgan fingerprint density at radius 2 is 1.86 bits per heavy atom. The molecule has 0 aliphatic carbocycles. The van der Waals surface area contributed by atoms with Crippen LogP contribution in [-0.4, -0.2) is 41.2 Å². The molecule has 3 rings (SSSR count). The van der Waals surface area contributed by atoms with Crippen molar-refractivity contribution in [2.45, 2.75) is 44.1 Å². The van der Waals surface area contributed by atoms with E-state index in [1.165, 1.54) is 12.1 Å². The Kier molecular flexibility index (Phi) is 6.68. The molecule has 2 atom stereocenters. The molecule has 1 heterocycles. The van der Waals surface area contributed by atoms with Crippen molar-refractivity contribution in [1.82, 2.24) is 4.90 Å². The minimum Gasteiger partial charge on any atom is -0.491 e. The maximum atomic E-state index is 13.1. The maximum Gasteiger partial charge on any atom is 0.230 e. The van der Waals surface area contributed by atoms with Crippen LogP contribution in [0.4, 0.5) is 4.39 Å². The second kappa shape index (κ2) is 9.20. The Morgan fingerprint density at radius 1 is 1.14 bits per heavy atom. The van der Waals surface area contributed by atoms with Gasteiger partial charge in [-0.05, 0) is 55.5 Å². The lowest BCUT2D eigenvalue weighted by molar-refractivity contribution is -0.133. The highest BCUT2D eigenvalue weighted by Gasteiger charge is 2.34. The van der Waals surface area contributed by atoms with Crippen LogP contribution in [-0.2, 0) is 4.79 Å². The standard InChI is InChI=1S/C23H28FNO3/c1-2-21(18-7-4-3-5-8-18)22(26)25-15-6-13-23(27,14-16-25)17-28-20-11-9-19(24)10-12-20/h3-5,7-12,21,27H,2,6,13-17H2,1H3. The number of carbonyl (C=O) groups is 1. The summed E-state index contributed by atoms with van der Waals surface area (Å²) in [5.74, 6) is 0.181. The number of ether oxygens (including phenoxy) is 1. The molecule has 1 saturated heterocycles. The van der Waals surface area contributed by atoms with Gasteiger partial charge in [-0.1, -0.05) is 37.3 Å². The molecule has 1 aliphatic heterocycles. The average molecular weight is 385 g/mol. The Morgan fingerprint density at radius 3 is 2.54 bits per heavy atom. The topological polar surface area (TPSA) is 49.8 Å². The van der Waals surface area contributed by atoms with E-state index in [0.717, 1.165) is 18.4 Å². The van der Waals surface area contributed by atoms with Gasteiger partial charge in [0.05, 0.1) is 5.92 Å². The normalized spacial score (nSPS) is 21.0. The van der Waals surface area contributed by atoms with E-state index in [1.807, 2.05) is 42.2 Å². The fourth-order valence-corrected chi connectivity index (χ4v) is 3.75. The van der Waals surface area contributed by atoms with Gasteiger partial charge in [-0.2, -0.15) is 0 Å².